The van der Waals surface area contributed by atoms with Gasteiger partial charge in [0.25, 0.3) is 0 Å². The molecule has 1 N–H and O–H groups in total. The van der Waals surface area contributed by atoms with Gasteiger partial charge in [-0.1, -0.05) is 0 Å². The number of hydrogen-bond acceptors (Lipinski definition) is 4. The van der Waals surface area contributed by atoms with Crippen LogP contribution in [0, 0.1) is 0 Å². The maximum atomic E-state index is 11.2. The largest absolute Gasteiger partial charge is 0.481 e. The van der Waals surface area contributed by atoms with Gasteiger partial charge in [0.1, 0.15) is 0 Å². The smallest absolute Gasteiger partial charge is 0.304 e. The van der Waals surface area contributed by atoms with Crippen LogP contribution in [-0.2, 0) is 19.4 Å². The predicted octanol–water partition coefficient (Wildman–Crippen LogP) is -0.725. The van der Waals surface area contributed by atoms with Crippen LogP contribution in [0.2, 0.25) is 0 Å². The molecule has 1 fully saturated rings. The molecule has 0 saturated carbocycles. The zero-order chi connectivity index (χ0) is 9.19. The van der Waals surface area contributed by atoms with E-state index < -0.39 is 21.1 Å². The van der Waals surface area contributed by atoms with Crippen molar-refractivity contribution < 1.29 is 23.1 Å². The summed E-state index contributed by atoms with van der Waals surface area (Å²) in [4.78, 5) is 10.2. The minimum absolute atomic E-state index is 0.00856. The first-order chi connectivity index (χ1) is 5.52. The van der Waals surface area contributed by atoms with Gasteiger partial charge in [0.2, 0.25) is 0 Å². The Morgan fingerprint density at radius 1 is 1.58 bits per heavy atom. The Kier molecular flexibility index (Phi) is 2.69. The third kappa shape index (κ3) is 2.18. The molecule has 1 aliphatic heterocycles. The quantitative estimate of drug-likeness (QED) is 0.627. The molecule has 1 aliphatic rings. The van der Waals surface area contributed by atoms with Gasteiger partial charge >= 0.3 is 5.97 Å². The number of aliphatic carboxylic acids is 1. The molecule has 0 bridgehead atoms. The molecule has 0 amide bonds. The highest BCUT2D eigenvalue weighted by molar-refractivity contribution is 7.92. The summed E-state index contributed by atoms with van der Waals surface area (Å²) >= 11 is 0. The van der Waals surface area contributed by atoms with Gasteiger partial charge in [-0.25, -0.2) is 8.42 Å². The summed E-state index contributed by atoms with van der Waals surface area (Å²) in [5.41, 5.74) is 0. The van der Waals surface area contributed by atoms with Crippen molar-refractivity contribution in [2.75, 3.05) is 19.0 Å². The van der Waals surface area contributed by atoms with E-state index in [1.807, 2.05) is 0 Å². The van der Waals surface area contributed by atoms with Crippen molar-refractivity contribution in [2.45, 2.75) is 11.7 Å². The van der Waals surface area contributed by atoms with Gasteiger partial charge in [-0.3, -0.25) is 4.79 Å². The molecule has 0 aromatic heterocycles. The Morgan fingerprint density at radius 3 is 2.75 bits per heavy atom. The second-order valence-corrected chi connectivity index (χ2v) is 5.06. The topological polar surface area (TPSA) is 80.7 Å². The summed E-state index contributed by atoms with van der Waals surface area (Å²) in [7, 11) is -3.22. The van der Waals surface area contributed by atoms with Crippen LogP contribution in [0.1, 0.15) is 6.42 Å². The highest BCUT2D eigenvalue weighted by Crippen LogP contribution is 2.12. The number of ether oxygens (including phenoxy) is 1. The second-order valence-electron chi connectivity index (χ2n) is 2.66. The van der Waals surface area contributed by atoms with Gasteiger partial charge in [0.05, 0.1) is 30.6 Å². The fraction of sp³-hybridized carbons (Fsp3) is 0.833. The van der Waals surface area contributed by atoms with Crippen LogP contribution in [-0.4, -0.2) is 43.7 Å². The lowest BCUT2D eigenvalue weighted by atomic mass is 10.3. The van der Waals surface area contributed by atoms with E-state index in [2.05, 4.69) is 0 Å². The van der Waals surface area contributed by atoms with Crippen molar-refractivity contribution in [2.24, 2.45) is 0 Å². The molecule has 1 atom stereocenters. The Morgan fingerprint density at radius 2 is 2.25 bits per heavy atom. The Hall–Kier alpha value is -0.620. The van der Waals surface area contributed by atoms with Crippen LogP contribution in [0.25, 0.3) is 0 Å². The average Bonchev–Trinajstić information content (AvgIpc) is 1.92. The minimum atomic E-state index is -3.22. The summed E-state index contributed by atoms with van der Waals surface area (Å²) < 4.78 is 27.2. The van der Waals surface area contributed by atoms with Crippen molar-refractivity contribution in [3.8, 4) is 0 Å². The van der Waals surface area contributed by atoms with Crippen LogP contribution in [0.3, 0.4) is 0 Å². The molecule has 0 aromatic rings. The molecule has 1 heterocycles. The highest BCUT2D eigenvalue weighted by atomic mass is 32.2. The van der Waals surface area contributed by atoms with Crippen molar-refractivity contribution in [1.82, 2.24) is 0 Å². The number of rotatable bonds is 2. The maximum Gasteiger partial charge on any atom is 0.304 e. The summed E-state index contributed by atoms with van der Waals surface area (Å²) in [6, 6.07) is 0. The molecule has 1 rings (SSSR count). The number of hydrogen-bond donors (Lipinski definition) is 1. The van der Waals surface area contributed by atoms with Crippen LogP contribution in [0.4, 0.5) is 0 Å². The zero-order valence-electron chi connectivity index (χ0n) is 6.39. The van der Waals surface area contributed by atoms with E-state index in [1.165, 1.54) is 0 Å². The molecule has 0 aliphatic carbocycles. The molecule has 0 radical (unpaired) electrons. The standard InChI is InChI=1S/C6H10O5S/c7-6(8)3-5-4-11-1-2-12(5,9)10/h5H,1-4H2,(H,7,8). The van der Waals surface area contributed by atoms with Crippen molar-refractivity contribution >= 4 is 15.8 Å². The molecule has 70 valence electrons. The maximum absolute atomic E-state index is 11.2. The van der Waals surface area contributed by atoms with Crippen LogP contribution in [0.5, 0.6) is 0 Å². The van der Waals surface area contributed by atoms with Gasteiger partial charge < -0.3 is 9.84 Å². The molecule has 12 heavy (non-hydrogen) atoms. The fourth-order valence-electron chi connectivity index (χ4n) is 1.04. The summed E-state index contributed by atoms with van der Waals surface area (Å²) in [5.74, 6) is -1.17. The lowest BCUT2D eigenvalue weighted by molar-refractivity contribution is -0.137. The van der Waals surface area contributed by atoms with Gasteiger partial charge in [-0.05, 0) is 0 Å². The molecule has 0 spiro atoms. The van der Waals surface area contributed by atoms with Gasteiger partial charge in [0.15, 0.2) is 9.84 Å². The minimum Gasteiger partial charge on any atom is -0.481 e. The summed E-state index contributed by atoms with van der Waals surface area (Å²) in [6.07, 6.45) is -0.359. The van der Waals surface area contributed by atoms with E-state index in [0.717, 1.165) is 0 Å². The number of carboxylic acid groups (broad SMARTS) is 1. The first-order valence-electron chi connectivity index (χ1n) is 3.53. The monoisotopic (exact) mass is 194 g/mol. The SMILES string of the molecule is O=C(O)CC1COCCS1(=O)=O. The van der Waals surface area contributed by atoms with Gasteiger partial charge in [-0.2, -0.15) is 0 Å². The summed E-state index contributed by atoms with van der Waals surface area (Å²) in [6.45, 7) is 0.188. The second kappa shape index (κ2) is 3.40. The zero-order valence-corrected chi connectivity index (χ0v) is 7.21. The highest BCUT2D eigenvalue weighted by Gasteiger charge is 2.31. The lowest BCUT2D eigenvalue weighted by Gasteiger charge is -2.20. The van der Waals surface area contributed by atoms with E-state index in [9.17, 15) is 13.2 Å². The van der Waals surface area contributed by atoms with Crippen LogP contribution in [0.15, 0.2) is 0 Å². The first kappa shape index (κ1) is 9.47. The number of carbonyl (C=O) groups is 1. The van der Waals surface area contributed by atoms with E-state index in [4.69, 9.17) is 9.84 Å². The van der Waals surface area contributed by atoms with E-state index >= 15 is 0 Å². The Labute approximate surface area is 70.3 Å². The molecular formula is C6H10O5S. The Bertz CT molecular complexity index is 268. The Balaban J connectivity index is 2.67. The molecule has 1 saturated heterocycles. The van der Waals surface area contributed by atoms with Crippen LogP contribution < -0.4 is 0 Å². The van der Waals surface area contributed by atoms with Crippen LogP contribution >= 0.6 is 0 Å². The lowest BCUT2D eigenvalue weighted by Crippen LogP contribution is -2.37. The normalized spacial score (nSPS) is 28.2. The van der Waals surface area contributed by atoms with Crippen molar-refractivity contribution in [1.29, 1.82) is 0 Å². The summed E-state index contributed by atoms with van der Waals surface area (Å²) in [5, 5.41) is 7.52. The molecule has 1 unspecified atom stereocenters. The predicted molar refractivity (Wildman–Crippen MR) is 40.6 cm³/mol. The molecule has 6 heteroatoms. The average molecular weight is 194 g/mol. The molecule has 0 aromatic carbocycles. The third-order valence-electron chi connectivity index (χ3n) is 1.73. The fourth-order valence-corrected chi connectivity index (χ4v) is 2.42. The van der Waals surface area contributed by atoms with E-state index in [1.54, 1.807) is 0 Å². The van der Waals surface area contributed by atoms with Crippen molar-refractivity contribution in [3.05, 3.63) is 0 Å². The van der Waals surface area contributed by atoms with E-state index in [0.29, 0.717) is 0 Å². The number of carboxylic acids is 1. The molecular weight excluding hydrogens is 184 g/mol. The van der Waals surface area contributed by atoms with E-state index in [-0.39, 0.29) is 25.4 Å². The van der Waals surface area contributed by atoms with Crippen molar-refractivity contribution in [3.63, 3.8) is 0 Å². The number of sulfone groups is 1. The third-order valence-corrected chi connectivity index (χ3v) is 3.78. The van der Waals surface area contributed by atoms with Gasteiger partial charge in [0, 0.05) is 0 Å². The first-order valence-corrected chi connectivity index (χ1v) is 5.25. The van der Waals surface area contributed by atoms with Gasteiger partial charge in [-0.15, -0.1) is 0 Å². The molecule has 5 nitrogen and oxygen atoms in total.